The summed E-state index contributed by atoms with van der Waals surface area (Å²) >= 11 is 0. The molecule has 2 aliphatic rings. The van der Waals surface area contributed by atoms with Crippen molar-refractivity contribution in [3.8, 4) is 17.1 Å². The normalized spacial score (nSPS) is 20.7. The van der Waals surface area contributed by atoms with Crippen LogP contribution in [0.5, 0.6) is 5.75 Å². The van der Waals surface area contributed by atoms with Crippen LogP contribution < -0.4 is 20.8 Å². The molecule has 4 rings (SSSR count). The van der Waals surface area contributed by atoms with Gasteiger partial charge in [-0.1, -0.05) is 0 Å². The number of hydrogen-bond acceptors (Lipinski definition) is 10. The van der Waals surface area contributed by atoms with Crippen molar-refractivity contribution in [1.29, 1.82) is 0 Å². The maximum atomic E-state index is 12.4. The first-order valence-corrected chi connectivity index (χ1v) is 11.8. The number of anilines is 2. The van der Waals surface area contributed by atoms with Crippen molar-refractivity contribution < 1.29 is 24.1 Å². The third kappa shape index (κ3) is 6.35. The van der Waals surface area contributed by atoms with E-state index in [1.54, 1.807) is 19.1 Å². The van der Waals surface area contributed by atoms with Gasteiger partial charge in [-0.05, 0) is 45.2 Å². The third-order valence-electron chi connectivity index (χ3n) is 5.60. The van der Waals surface area contributed by atoms with Gasteiger partial charge in [0.25, 0.3) is 0 Å². The number of likely N-dealkylation sites (N-methyl/N-ethyl adjacent to an activating group) is 1. The number of ether oxygens (including phenoxy) is 3. The quantitative estimate of drug-likeness (QED) is 0.413. The van der Waals surface area contributed by atoms with Crippen LogP contribution in [0.25, 0.3) is 11.4 Å². The zero-order chi connectivity index (χ0) is 24.8. The Morgan fingerprint density at radius 3 is 2.51 bits per heavy atom. The first-order chi connectivity index (χ1) is 17.0. The Bertz CT molecular complexity index is 992. The summed E-state index contributed by atoms with van der Waals surface area (Å²) in [5, 5.41) is 17.1. The molecule has 0 spiro atoms. The second kappa shape index (κ2) is 11.6. The van der Waals surface area contributed by atoms with Crippen LogP contribution in [0.3, 0.4) is 0 Å². The largest absolute Gasteiger partial charge is 0.488 e. The van der Waals surface area contributed by atoms with Crippen molar-refractivity contribution in [3.63, 3.8) is 0 Å². The van der Waals surface area contributed by atoms with E-state index in [0.29, 0.717) is 41.9 Å². The molecule has 2 fully saturated rings. The fourth-order valence-electron chi connectivity index (χ4n) is 3.75. The van der Waals surface area contributed by atoms with Gasteiger partial charge in [0.15, 0.2) is 23.7 Å². The van der Waals surface area contributed by atoms with Crippen molar-refractivity contribution in [1.82, 2.24) is 25.3 Å². The van der Waals surface area contributed by atoms with Crippen molar-refractivity contribution >= 4 is 17.5 Å². The van der Waals surface area contributed by atoms with E-state index in [9.17, 15) is 9.90 Å². The van der Waals surface area contributed by atoms with E-state index in [0.717, 1.165) is 31.7 Å². The average molecular weight is 488 g/mol. The second-order valence-corrected chi connectivity index (χ2v) is 8.30. The molecule has 4 N–H and O–H groups in total. The first kappa shape index (κ1) is 25.1. The molecule has 1 aromatic heterocycles. The molecule has 0 saturated carbocycles. The Kier molecular flexibility index (Phi) is 8.31. The number of piperazine rings is 1. The summed E-state index contributed by atoms with van der Waals surface area (Å²) in [5.74, 6) is 1.31. The van der Waals surface area contributed by atoms with E-state index >= 15 is 0 Å². The van der Waals surface area contributed by atoms with Crippen LogP contribution in [-0.4, -0.2) is 90.3 Å². The number of aromatic nitrogens is 2. The molecule has 1 aromatic carbocycles. The molecule has 12 nitrogen and oxygen atoms in total. The molecule has 190 valence electrons. The summed E-state index contributed by atoms with van der Waals surface area (Å²) in [7, 11) is 2.06. The molecule has 0 radical (unpaired) electrons. The van der Waals surface area contributed by atoms with E-state index in [-0.39, 0.29) is 18.9 Å². The number of nitrogens with zero attached hydrogens (tertiary/aromatic N) is 4. The fourth-order valence-corrected chi connectivity index (χ4v) is 3.75. The van der Waals surface area contributed by atoms with Gasteiger partial charge in [-0.2, -0.15) is 0 Å². The Hall–Kier alpha value is -3.03. The minimum Gasteiger partial charge on any atom is -0.488 e. The highest BCUT2D eigenvalue weighted by Gasteiger charge is 2.34. The Balaban J connectivity index is 1.50. The van der Waals surface area contributed by atoms with E-state index < -0.39 is 6.29 Å². The van der Waals surface area contributed by atoms with E-state index in [2.05, 4.69) is 38.0 Å². The van der Waals surface area contributed by atoms with Crippen LogP contribution in [0, 0.1) is 0 Å². The highest BCUT2D eigenvalue weighted by molar-refractivity contribution is 5.89. The fraction of sp³-hybridized carbons (Fsp3) is 0.522. The van der Waals surface area contributed by atoms with Gasteiger partial charge < -0.3 is 34.9 Å². The number of carbonyl (C=O) groups is 1. The van der Waals surface area contributed by atoms with Crippen LogP contribution in [0.1, 0.15) is 25.8 Å². The van der Waals surface area contributed by atoms with Crippen molar-refractivity contribution in [2.45, 2.75) is 26.4 Å². The van der Waals surface area contributed by atoms with Crippen molar-refractivity contribution in [2.75, 3.05) is 63.6 Å². The van der Waals surface area contributed by atoms with Crippen LogP contribution in [0.15, 0.2) is 24.3 Å². The van der Waals surface area contributed by atoms with Gasteiger partial charge in [0.2, 0.25) is 6.29 Å². The minimum atomic E-state index is -0.665. The summed E-state index contributed by atoms with van der Waals surface area (Å²) in [6.07, 6.45) is -0.994. The summed E-state index contributed by atoms with van der Waals surface area (Å²) < 4.78 is 17.1. The Labute approximate surface area is 204 Å². The van der Waals surface area contributed by atoms with Gasteiger partial charge in [0, 0.05) is 44.0 Å². The van der Waals surface area contributed by atoms with Gasteiger partial charge in [-0.15, -0.1) is 0 Å². The predicted molar refractivity (Wildman–Crippen MR) is 130 cm³/mol. The number of nitrogens with one attached hydrogen (secondary N) is 3. The number of aliphatic hydroxyl groups excluding tert-OH is 1. The molecule has 12 heteroatoms. The average Bonchev–Trinajstić information content (AvgIpc) is 2.83. The number of urea groups is 1. The lowest BCUT2D eigenvalue weighted by Crippen LogP contribution is -2.53. The first-order valence-electron chi connectivity index (χ1n) is 11.8. The van der Waals surface area contributed by atoms with Crippen molar-refractivity contribution in [3.05, 3.63) is 30.0 Å². The molecule has 0 unspecified atom stereocenters. The summed E-state index contributed by atoms with van der Waals surface area (Å²) in [6, 6.07) is 6.94. The summed E-state index contributed by atoms with van der Waals surface area (Å²) in [5.41, 5.74) is 4.73. The van der Waals surface area contributed by atoms with E-state index in [4.69, 9.17) is 14.2 Å². The maximum Gasteiger partial charge on any atom is 0.333 e. The van der Waals surface area contributed by atoms with Gasteiger partial charge in [-0.3, -0.25) is 5.43 Å². The van der Waals surface area contributed by atoms with Crippen LogP contribution in [0.4, 0.5) is 16.3 Å². The highest BCUT2D eigenvalue weighted by atomic mass is 16.9. The Morgan fingerprint density at radius 1 is 1.17 bits per heavy atom. The van der Waals surface area contributed by atoms with Crippen LogP contribution >= 0.6 is 0 Å². The lowest BCUT2D eigenvalue weighted by molar-refractivity contribution is -0.384. The molecule has 0 bridgehead atoms. The van der Waals surface area contributed by atoms with Crippen LogP contribution in [0.2, 0.25) is 0 Å². The molecule has 0 aliphatic carbocycles. The zero-order valence-corrected chi connectivity index (χ0v) is 20.3. The molecule has 2 saturated heterocycles. The molecular formula is C23H33N7O5. The Morgan fingerprint density at radius 2 is 1.89 bits per heavy atom. The molecule has 0 atom stereocenters. The number of carbonyl (C=O) groups excluding carboxylic acids is 1. The smallest absolute Gasteiger partial charge is 0.333 e. The standard InChI is InChI=1S/C23H33N7O5/c1-4-33-19-18(22-34-15(2)35-22)26-20(27-21(19)24-9-14-31)16-5-7-17(8-6-16)25-23(32)28-30-12-10-29(3)11-13-30/h5-8,15,22,31H,4,9-14H2,1-3H3,(H,24,26,27)(H2,25,28,32). The van der Waals surface area contributed by atoms with Gasteiger partial charge >= 0.3 is 6.03 Å². The minimum absolute atomic E-state index is 0.0652. The SMILES string of the molecule is CCOc1c(NCCO)nc(-c2ccc(NC(=O)NN3CCN(C)CC3)cc2)nc1C1OC(C)O1. The third-order valence-corrected chi connectivity index (χ3v) is 5.60. The number of amides is 2. The van der Waals surface area contributed by atoms with Gasteiger partial charge in [0.1, 0.15) is 5.69 Å². The van der Waals surface area contributed by atoms with E-state index in [1.807, 2.05) is 24.1 Å². The molecule has 2 amide bonds. The van der Waals surface area contributed by atoms with Gasteiger partial charge in [0.05, 0.1) is 13.2 Å². The molecular weight excluding hydrogens is 454 g/mol. The molecule has 2 aliphatic heterocycles. The second-order valence-electron chi connectivity index (χ2n) is 8.30. The summed E-state index contributed by atoms with van der Waals surface area (Å²) in [4.78, 5) is 23.9. The van der Waals surface area contributed by atoms with Crippen LogP contribution in [-0.2, 0) is 9.47 Å². The molecule has 35 heavy (non-hydrogen) atoms. The number of hydrogen-bond donors (Lipinski definition) is 4. The number of benzene rings is 1. The highest BCUT2D eigenvalue weighted by Crippen LogP contribution is 2.40. The monoisotopic (exact) mass is 487 g/mol. The van der Waals surface area contributed by atoms with E-state index in [1.165, 1.54) is 0 Å². The predicted octanol–water partition coefficient (Wildman–Crippen LogP) is 1.62. The zero-order valence-electron chi connectivity index (χ0n) is 20.3. The topological polar surface area (TPSA) is 133 Å². The lowest BCUT2D eigenvalue weighted by atomic mass is 10.2. The molecule has 2 aromatic rings. The summed E-state index contributed by atoms with van der Waals surface area (Å²) in [6.45, 7) is 7.67. The maximum absolute atomic E-state index is 12.4. The molecule has 3 heterocycles. The van der Waals surface area contributed by atoms with Gasteiger partial charge in [-0.25, -0.2) is 19.8 Å². The number of hydrazine groups is 1. The van der Waals surface area contributed by atoms with Crippen molar-refractivity contribution in [2.24, 2.45) is 0 Å². The number of rotatable bonds is 9. The lowest BCUT2D eigenvalue weighted by Gasteiger charge is -2.34. The number of aliphatic hydroxyl groups is 1.